The van der Waals surface area contributed by atoms with Crippen LogP contribution in [0.3, 0.4) is 0 Å². The number of esters is 1. The maximum absolute atomic E-state index is 12.4. The van der Waals surface area contributed by atoms with Gasteiger partial charge in [-0.15, -0.1) is 0 Å². The van der Waals surface area contributed by atoms with E-state index in [0.717, 1.165) is 40.5 Å². The minimum Gasteiger partial charge on any atom is -0.497 e. The summed E-state index contributed by atoms with van der Waals surface area (Å²) in [4.78, 5) is 25.6. The quantitative estimate of drug-likeness (QED) is 0.186. The number of amides is 1. The number of carbonyl (C=O) groups is 2. The van der Waals surface area contributed by atoms with Crippen LogP contribution in [0, 0.1) is 0 Å². The zero-order valence-corrected chi connectivity index (χ0v) is 22.7. The first-order chi connectivity index (χ1) is 18.3. The molecule has 0 unspecified atom stereocenters. The van der Waals surface area contributed by atoms with Gasteiger partial charge in [0.25, 0.3) is 5.91 Å². The van der Waals surface area contributed by atoms with Crippen LogP contribution in [0.2, 0.25) is 0 Å². The van der Waals surface area contributed by atoms with Crippen LogP contribution in [0.1, 0.15) is 42.1 Å². The van der Waals surface area contributed by atoms with E-state index in [-0.39, 0.29) is 24.8 Å². The van der Waals surface area contributed by atoms with Crippen LogP contribution in [0.15, 0.2) is 78.7 Å². The Morgan fingerprint density at radius 3 is 2.21 bits per heavy atom. The zero-order valence-electron chi connectivity index (χ0n) is 22.7. The normalized spacial score (nSPS) is 11.7. The van der Waals surface area contributed by atoms with Crippen molar-refractivity contribution >= 4 is 28.2 Å². The lowest BCUT2D eigenvalue weighted by molar-refractivity contribution is -0.140. The maximum atomic E-state index is 12.4. The number of methoxy groups -OCH3 is 2. The number of nitrogens with zero attached hydrogens (tertiary/aromatic N) is 1. The number of benzene rings is 3. The van der Waals surface area contributed by atoms with Crippen molar-refractivity contribution in [2.24, 2.45) is 0 Å². The van der Waals surface area contributed by atoms with Crippen molar-refractivity contribution in [3.63, 3.8) is 0 Å². The molecule has 0 aliphatic carbocycles. The van der Waals surface area contributed by atoms with E-state index >= 15 is 0 Å². The summed E-state index contributed by atoms with van der Waals surface area (Å²) in [6.45, 7) is 2.36. The number of hydrogen-bond acceptors (Lipinski definition) is 6. The molecule has 0 heterocycles. The number of nitrogens with one attached hydrogen (secondary N) is 1. The van der Waals surface area contributed by atoms with E-state index in [1.54, 1.807) is 31.4 Å². The molecule has 3 aromatic carbocycles. The number of rotatable bonds is 12. The molecule has 0 bridgehead atoms. The van der Waals surface area contributed by atoms with Gasteiger partial charge in [-0.1, -0.05) is 37.6 Å². The fraction of sp³-hybridized carbons (Fsp3) is 0.290. The van der Waals surface area contributed by atoms with E-state index in [9.17, 15) is 9.59 Å². The molecule has 1 N–H and O–H groups in total. The smallest absolute Gasteiger partial charge is 0.307 e. The predicted molar refractivity (Wildman–Crippen MR) is 151 cm³/mol. The van der Waals surface area contributed by atoms with Crippen molar-refractivity contribution in [3.8, 4) is 11.5 Å². The summed E-state index contributed by atoms with van der Waals surface area (Å²) in [5, 5.41) is 4.93. The van der Waals surface area contributed by atoms with Crippen molar-refractivity contribution in [2.45, 2.75) is 26.2 Å². The van der Waals surface area contributed by atoms with Gasteiger partial charge >= 0.3 is 5.97 Å². The lowest BCUT2D eigenvalue weighted by Gasteiger charge is -2.18. The lowest BCUT2D eigenvalue weighted by atomic mass is 9.98. The van der Waals surface area contributed by atoms with Gasteiger partial charge in [-0.2, -0.15) is 0 Å². The minimum atomic E-state index is -0.368. The molecule has 200 valence electrons. The highest BCUT2D eigenvalue weighted by molar-refractivity contribution is 5.94. The van der Waals surface area contributed by atoms with Crippen LogP contribution in [0.5, 0.6) is 11.5 Å². The Balaban J connectivity index is 1.86. The summed E-state index contributed by atoms with van der Waals surface area (Å²) in [5.41, 5.74) is 2.51. The zero-order chi connectivity index (χ0) is 27.5. The Morgan fingerprint density at radius 1 is 0.895 bits per heavy atom. The second kappa shape index (κ2) is 13.9. The molecule has 0 saturated heterocycles. The van der Waals surface area contributed by atoms with Crippen molar-refractivity contribution in [2.75, 3.05) is 34.9 Å². The number of fused-ring (bicyclic) bond motifs is 1. The first-order valence-corrected chi connectivity index (χ1v) is 12.6. The molecule has 0 spiro atoms. The monoisotopic (exact) mass is 516 g/mol. The number of allylic oxidation sites excluding steroid dienone is 2. The number of hydrogen-bond donors (Lipinski definition) is 1. The molecule has 7 heteroatoms. The third-order valence-corrected chi connectivity index (χ3v) is 5.82. The number of carbonyl (C=O) groups excluding carboxylic acids is 2. The SMILES string of the molecule is CCCC=C(/C(=C\N(C)C)Oc1ccc(C(=O)NCCC(=O)OC)cc1)c1ccc2cc(OC)ccc2c1. The first-order valence-electron chi connectivity index (χ1n) is 12.6. The summed E-state index contributed by atoms with van der Waals surface area (Å²) >= 11 is 0. The standard InChI is InChI=1S/C31H36N2O5/c1-6-7-8-28(25-10-9-24-20-27(36-4)16-13-23(24)19-25)29(21-33(2)3)38-26-14-11-22(12-15-26)31(35)32-18-17-30(34)37-5/h8-16,19-21H,6-7,17-18H2,1-5H3,(H,32,35)/b28-8?,29-21+. The Bertz CT molecular complexity index is 1310. The van der Waals surface area contributed by atoms with Gasteiger partial charge < -0.3 is 24.4 Å². The highest BCUT2D eigenvalue weighted by atomic mass is 16.5. The minimum absolute atomic E-state index is 0.122. The van der Waals surface area contributed by atoms with E-state index in [1.165, 1.54) is 7.11 Å². The molecule has 7 nitrogen and oxygen atoms in total. The molecule has 0 atom stereocenters. The largest absolute Gasteiger partial charge is 0.497 e. The van der Waals surface area contributed by atoms with Gasteiger partial charge in [-0.25, -0.2) is 0 Å². The summed E-state index contributed by atoms with van der Waals surface area (Å²) in [7, 11) is 6.90. The van der Waals surface area contributed by atoms with Crippen LogP contribution < -0.4 is 14.8 Å². The van der Waals surface area contributed by atoms with Gasteiger partial charge in [0.15, 0.2) is 5.76 Å². The molecule has 0 aromatic heterocycles. The topological polar surface area (TPSA) is 77.1 Å². The Morgan fingerprint density at radius 2 is 1.55 bits per heavy atom. The fourth-order valence-corrected chi connectivity index (χ4v) is 3.84. The molecule has 3 rings (SSSR count). The van der Waals surface area contributed by atoms with Crippen LogP contribution in [0.25, 0.3) is 16.3 Å². The van der Waals surface area contributed by atoms with Gasteiger partial charge in [-0.3, -0.25) is 9.59 Å². The molecular weight excluding hydrogens is 480 g/mol. The van der Waals surface area contributed by atoms with Gasteiger partial charge in [-0.05, 0) is 65.2 Å². The summed E-state index contributed by atoms with van der Waals surface area (Å²) in [6, 6.07) is 19.3. The van der Waals surface area contributed by atoms with Crippen LogP contribution in [-0.2, 0) is 9.53 Å². The maximum Gasteiger partial charge on any atom is 0.307 e. The molecule has 0 aliphatic rings. The Hall–Kier alpha value is -4.26. The molecule has 1 amide bonds. The summed E-state index contributed by atoms with van der Waals surface area (Å²) in [6.07, 6.45) is 6.17. The van der Waals surface area contributed by atoms with E-state index in [1.807, 2.05) is 37.3 Å². The Labute approximate surface area is 224 Å². The van der Waals surface area contributed by atoms with E-state index in [4.69, 9.17) is 9.47 Å². The van der Waals surface area contributed by atoms with Crippen molar-refractivity contribution in [1.82, 2.24) is 10.2 Å². The Kier molecular flexibility index (Phi) is 10.3. The number of unbranched alkanes of at least 4 members (excludes halogenated alkanes) is 1. The summed E-state index contributed by atoms with van der Waals surface area (Å²) < 4.78 is 16.4. The molecular formula is C31H36N2O5. The van der Waals surface area contributed by atoms with E-state index in [2.05, 4.69) is 47.3 Å². The van der Waals surface area contributed by atoms with Gasteiger partial charge in [0, 0.05) is 38.0 Å². The van der Waals surface area contributed by atoms with E-state index < -0.39 is 0 Å². The van der Waals surface area contributed by atoms with Crippen molar-refractivity contribution in [3.05, 3.63) is 89.8 Å². The third-order valence-electron chi connectivity index (χ3n) is 5.82. The highest BCUT2D eigenvalue weighted by Gasteiger charge is 2.14. The molecule has 0 saturated carbocycles. The fourth-order valence-electron chi connectivity index (χ4n) is 3.84. The van der Waals surface area contributed by atoms with Crippen molar-refractivity contribution < 1.29 is 23.8 Å². The predicted octanol–water partition coefficient (Wildman–Crippen LogP) is 5.81. The molecule has 0 aliphatic heterocycles. The van der Waals surface area contributed by atoms with Gasteiger partial charge in [0.2, 0.25) is 0 Å². The van der Waals surface area contributed by atoms with Crippen LogP contribution in [-0.4, -0.2) is 51.6 Å². The second-order valence-electron chi connectivity index (χ2n) is 9.00. The van der Waals surface area contributed by atoms with Crippen molar-refractivity contribution in [1.29, 1.82) is 0 Å². The molecule has 0 fully saturated rings. The third kappa shape index (κ3) is 7.87. The second-order valence-corrected chi connectivity index (χ2v) is 9.00. The highest BCUT2D eigenvalue weighted by Crippen LogP contribution is 2.31. The molecule has 3 aromatic rings. The van der Waals surface area contributed by atoms with Gasteiger partial charge in [0.05, 0.1) is 20.6 Å². The average Bonchev–Trinajstić information content (AvgIpc) is 2.92. The first kappa shape index (κ1) is 28.3. The van der Waals surface area contributed by atoms with Gasteiger partial charge in [0.1, 0.15) is 11.5 Å². The summed E-state index contributed by atoms with van der Waals surface area (Å²) in [5.74, 6) is 1.50. The lowest BCUT2D eigenvalue weighted by Crippen LogP contribution is -2.26. The van der Waals surface area contributed by atoms with Crippen LogP contribution in [0.4, 0.5) is 0 Å². The number of ether oxygens (including phenoxy) is 3. The molecule has 0 radical (unpaired) electrons. The van der Waals surface area contributed by atoms with Crippen LogP contribution >= 0.6 is 0 Å². The molecule has 38 heavy (non-hydrogen) atoms. The van der Waals surface area contributed by atoms with E-state index in [0.29, 0.717) is 17.1 Å². The average molecular weight is 517 g/mol.